The summed E-state index contributed by atoms with van der Waals surface area (Å²) in [7, 11) is 0. The van der Waals surface area contributed by atoms with Crippen LogP contribution in [0.1, 0.15) is 48.5 Å². The lowest BCUT2D eigenvalue weighted by molar-refractivity contribution is -0.384. The average Bonchev–Trinajstić information content (AvgIpc) is 2.60. The zero-order valence-corrected chi connectivity index (χ0v) is 14.8. The monoisotopic (exact) mass is 347 g/mol. The summed E-state index contributed by atoms with van der Waals surface area (Å²) in [6.45, 7) is 5.51. The molecule has 1 aromatic rings. The molecule has 1 atom stereocenters. The summed E-state index contributed by atoms with van der Waals surface area (Å²) < 4.78 is 0. The third-order valence-electron chi connectivity index (χ3n) is 4.53. The van der Waals surface area contributed by atoms with Gasteiger partial charge < -0.3 is 10.2 Å². The molecule has 1 heterocycles. The number of carbonyl (C=O) groups is 2. The number of nitro benzene ring substituents is 1. The molecule has 25 heavy (non-hydrogen) atoms. The molecule has 0 radical (unpaired) electrons. The maximum absolute atomic E-state index is 12.8. The molecular formula is C18H25N3O4. The van der Waals surface area contributed by atoms with Crippen molar-refractivity contribution >= 4 is 17.5 Å². The van der Waals surface area contributed by atoms with Gasteiger partial charge in [0, 0.05) is 43.8 Å². The molecule has 7 heteroatoms. The number of amides is 2. The zero-order valence-electron chi connectivity index (χ0n) is 14.8. The summed E-state index contributed by atoms with van der Waals surface area (Å²) in [5, 5.41) is 13.9. The van der Waals surface area contributed by atoms with E-state index in [1.807, 2.05) is 6.92 Å². The van der Waals surface area contributed by atoms with Gasteiger partial charge in [0.05, 0.1) is 4.92 Å². The van der Waals surface area contributed by atoms with Crippen molar-refractivity contribution < 1.29 is 14.5 Å². The van der Waals surface area contributed by atoms with E-state index < -0.39 is 4.92 Å². The van der Waals surface area contributed by atoms with Gasteiger partial charge in [-0.25, -0.2) is 0 Å². The van der Waals surface area contributed by atoms with Crippen LogP contribution < -0.4 is 5.32 Å². The fourth-order valence-electron chi connectivity index (χ4n) is 3.11. The van der Waals surface area contributed by atoms with E-state index in [9.17, 15) is 19.7 Å². The number of carbonyl (C=O) groups excluding carboxylic acids is 2. The van der Waals surface area contributed by atoms with Gasteiger partial charge in [-0.3, -0.25) is 19.7 Å². The number of nitrogens with one attached hydrogen (secondary N) is 1. The van der Waals surface area contributed by atoms with Crippen molar-refractivity contribution in [2.24, 2.45) is 5.92 Å². The van der Waals surface area contributed by atoms with Crippen molar-refractivity contribution in [3.05, 3.63) is 39.4 Å². The second-order valence-corrected chi connectivity index (χ2v) is 6.57. The van der Waals surface area contributed by atoms with Crippen LogP contribution in [0, 0.1) is 23.0 Å². The molecule has 1 aliphatic rings. The number of likely N-dealkylation sites (tertiary alicyclic amines) is 1. The van der Waals surface area contributed by atoms with Crippen LogP contribution >= 0.6 is 0 Å². The number of aryl methyl sites for hydroxylation is 1. The number of non-ortho nitro benzene ring substituents is 1. The van der Waals surface area contributed by atoms with E-state index in [1.165, 1.54) is 12.1 Å². The summed E-state index contributed by atoms with van der Waals surface area (Å²) in [4.78, 5) is 36.6. The van der Waals surface area contributed by atoms with Crippen LogP contribution in [0.15, 0.2) is 18.2 Å². The van der Waals surface area contributed by atoms with Gasteiger partial charge in [-0.15, -0.1) is 0 Å². The summed E-state index contributed by atoms with van der Waals surface area (Å²) in [6.07, 6.45) is 3.16. The minimum Gasteiger partial charge on any atom is -0.356 e. The second kappa shape index (κ2) is 8.60. The molecular weight excluding hydrogens is 322 g/mol. The Labute approximate surface area is 147 Å². The Morgan fingerprint density at radius 3 is 2.84 bits per heavy atom. The van der Waals surface area contributed by atoms with Gasteiger partial charge >= 0.3 is 0 Å². The molecule has 2 amide bonds. The van der Waals surface area contributed by atoms with Crippen LogP contribution in [0.4, 0.5) is 5.69 Å². The van der Waals surface area contributed by atoms with Crippen LogP contribution in [0.25, 0.3) is 0 Å². The highest BCUT2D eigenvalue weighted by molar-refractivity contribution is 5.96. The molecule has 1 aromatic carbocycles. The van der Waals surface area contributed by atoms with Crippen LogP contribution in [0.2, 0.25) is 0 Å². The molecule has 1 N–H and O–H groups in total. The Morgan fingerprint density at radius 1 is 1.40 bits per heavy atom. The number of hydrogen-bond acceptors (Lipinski definition) is 4. The van der Waals surface area contributed by atoms with Gasteiger partial charge in [0.15, 0.2) is 0 Å². The highest BCUT2D eigenvalue weighted by Crippen LogP contribution is 2.22. The van der Waals surface area contributed by atoms with E-state index >= 15 is 0 Å². The SMILES string of the molecule is CCCC(=O)NCC1CCCN(C(=O)c2cc([N+](=O)[O-])ccc2C)C1. The molecule has 136 valence electrons. The smallest absolute Gasteiger partial charge is 0.270 e. The average molecular weight is 347 g/mol. The van der Waals surface area contributed by atoms with Gasteiger partial charge in [0.25, 0.3) is 11.6 Å². The highest BCUT2D eigenvalue weighted by atomic mass is 16.6. The Bertz CT molecular complexity index is 660. The van der Waals surface area contributed by atoms with E-state index in [4.69, 9.17) is 0 Å². The highest BCUT2D eigenvalue weighted by Gasteiger charge is 2.26. The van der Waals surface area contributed by atoms with Crippen molar-refractivity contribution in [3.8, 4) is 0 Å². The van der Waals surface area contributed by atoms with Gasteiger partial charge in [-0.2, -0.15) is 0 Å². The molecule has 0 bridgehead atoms. The number of piperidine rings is 1. The topological polar surface area (TPSA) is 92.6 Å². The standard InChI is InChI=1S/C18H25N3O4/c1-3-5-17(22)19-11-14-6-4-9-20(12-14)18(23)16-10-15(21(24)25)8-7-13(16)2/h7-8,10,14H,3-6,9,11-12H2,1-2H3,(H,19,22). The third-order valence-corrected chi connectivity index (χ3v) is 4.53. The molecule has 7 nitrogen and oxygen atoms in total. The second-order valence-electron chi connectivity index (χ2n) is 6.57. The van der Waals surface area contributed by atoms with Crippen molar-refractivity contribution in [3.63, 3.8) is 0 Å². The van der Waals surface area contributed by atoms with Gasteiger partial charge in [0.1, 0.15) is 0 Å². The molecule has 1 saturated heterocycles. The molecule has 2 rings (SSSR count). The first-order chi connectivity index (χ1) is 11.9. The van der Waals surface area contributed by atoms with E-state index in [0.29, 0.717) is 31.6 Å². The zero-order chi connectivity index (χ0) is 18.4. The molecule has 0 aliphatic carbocycles. The first-order valence-electron chi connectivity index (χ1n) is 8.73. The Balaban J connectivity index is 2.03. The quantitative estimate of drug-likeness (QED) is 0.632. The van der Waals surface area contributed by atoms with Gasteiger partial charge in [-0.1, -0.05) is 13.0 Å². The Morgan fingerprint density at radius 2 is 2.16 bits per heavy atom. The summed E-state index contributed by atoms with van der Waals surface area (Å²) in [6, 6.07) is 4.37. The molecule has 0 saturated carbocycles. The van der Waals surface area contributed by atoms with E-state index in [2.05, 4.69) is 5.32 Å². The molecule has 1 unspecified atom stereocenters. The first-order valence-corrected chi connectivity index (χ1v) is 8.73. The molecule has 1 fully saturated rings. The van der Waals surface area contributed by atoms with E-state index in [-0.39, 0.29) is 23.4 Å². The number of benzene rings is 1. The minimum atomic E-state index is -0.488. The van der Waals surface area contributed by atoms with Crippen LogP contribution in [-0.2, 0) is 4.79 Å². The summed E-state index contributed by atoms with van der Waals surface area (Å²) in [5.41, 5.74) is 1.04. The fourth-order valence-corrected chi connectivity index (χ4v) is 3.11. The Kier molecular flexibility index (Phi) is 6.50. The third kappa shape index (κ3) is 5.01. The molecule has 1 aliphatic heterocycles. The predicted molar refractivity (Wildman–Crippen MR) is 94.4 cm³/mol. The van der Waals surface area contributed by atoms with Crippen molar-refractivity contribution in [1.29, 1.82) is 0 Å². The van der Waals surface area contributed by atoms with Gasteiger partial charge in [0.2, 0.25) is 5.91 Å². The lowest BCUT2D eigenvalue weighted by atomic mass is 9.96. The lowest BCUT2D eigenvalue weighted by Gasteiger charge is -2.33. The van der Waals surface area contributed by atoms with Gasteiger partial charge in [-0.05, 0) is 37.7 Å². The minimum absolute atomic E-state index is 0.0421. The number of hydrogen-bond donors (Lipinski definition) is 1. The van der Waals surface area contributed by atoms with Crippen molar-refractivity contribution in [1.82, 2.24) is 10.2 Å². The Hall–Kier alpha value is -2.44. The van der Waals surface area contributed by atoms with Crippen LogP contribution in [0.3, 0.4) is 0 Å². The van der Waals surface area contributed by atoms with Crippen LogP contribution in [-0.4, -0.2) is 41.3 Å². The number of nitro groups is 1. The predicted octanol–water partition coefficient (Wildman–Crippen LogP) is 2.67. The van der Waals surface area contributed by atoms with E-state index in [1.54, 1.807) is 17.9 Å². The number of rotatable bonds is 6. The number of nitrogens with zero attached hydrogens (tertiary/aromatic N) is 2. The summed E-state index contributed by atoms with van der Waals surface area (Å²) in [5.74, 6) is 0.0868. The fraction of sp³-hybridized carbons (Fsp3) is 0.556. The maximum Gasteiger partial charge on any atom is 0.270 e. The van der Waals surface area contributed by atoms with Crippen LogP contribution in [0.5, 0.6) is 0 Å². The molecule has 0 spiro atoms. The first kappa shape index (κ1) is 18.9. The molecule has 0 aromatic heterocycles. The van der Waals surface area contributed by atoms with Crippen molar-refractivity contribution in [2.45, 2.75) is 39.5 Å². The summed E-state index contributed by atoms with van der Waals surface area (Å²) >= 11 is 0. The maximum atomic E-state index is 12.8. The lowest BCUT2D eigenvalue weighted by Crippen LogP contribution is -2.43. The largest absolute Gasteiger partial charge is 0.356 e. The van der Waals surface area contributed by atoms with E-state index in [0.717, 1.165) is 24.8 Å². The van der Waals surface area contributed by atoms with Crippen molar-refractivity contribution in [2.75, 3.05) is 19.6 Å². The normalized spacial score (nSPS) is 17.2.